The standard InChI is InChI=1S/C15H30O6Si/c1-6-19-22(20-7-2,21-8-3)12-10-14(15(17)18-5)13(4)9-11-16/h11,13-14H,6-10,12H2,1-5H3. The number of hydrogen-bond donors (Lipinski definition) is 0. The fourth-order valence-corrected chi connectivity index (χ4v) is 5.10. The first kappa shape index (κ1) is 21.2. The van der Waals surface area contributed by atoms with Gasteiger partial charge in [0.25, 0.3) is 0 Å². The first-order valence-corrected chi connectivity index (χ1v) is 9.86. The van der Waals surface area contributed by atoms with Gasteiger partial charge in [-0.25, -0.2) is 0 Å². The van der Waals surface area contributed by atoms with Crippen molar-refractivity contribution in [1.29, 1.82) is 0 Å². The summed E-state index contributed by atoms with van der Waals surface area (Å²) in [6.07, 6.45) is 1.68. The molecular formula is C15H30O6Si. The summed E-state index contributed by atoms with van der Waals surface area (Å²) in [6.45, 7) is 9.06. The molecule has 0 rings (SSSR count). The molecule has 0 spiro atoms. The van der Waals surface area contributed by atoms with Crippen LogP contribution in [0.15, 0.2) is 0 Å². The van der Waals surface area contributed by atoms with Crippen molar-refractivity contribution in [2.75, 3.05) is 26.9 Å². The van der Waals surface area contributed by atoms with Crippen LogP contribution in [0.25, 0.3) is 0 Å². The molecule has 6 nitrogen and oxygen atoms in total. The van der Waals surface area contributed by atoms with Gasteiger partial charge in [0.15, 0.2) is 0 Å². The van der Waals surface area contributed by atoms with Crippen LogP contribution in [0.5, 0.6) is 0 Å². The normalized spacial score (nSPS) is 14.4. The number of hydrogen-bond acceptors (Lipinski definition) is 6. The lowest BCUT2D eigenvalue weighted by molar-refractivity contribution is -0.147. The number of carbonyl (C=O) groups excluding carboxylic acids is 2. The minimum absolute atomic E-state index is 0.0819. The van der Waals surface area contributed by atoms with Crippen LogP contribution in [0.3, 0.4) is 0 Å². The highest BCUT2D eigenvalue weighted by Gasteiger charge is 2.42. The molecule has 0 aromatic carbocycles. The first-order valence-electron chi connectivity index (χ1n) is 7.93. The second-order valence-corrected chi connectivity index (χ2v) is 7.76. The molecule has 130 valence electrons. The van der Waals surface area contributed by atoms with Gasteiger partial charge in [-0.15, -0.1) is 0 Å². The van der Waals surface area contributed by atoms with E-state index in [4.69, 9.17) is 18.0 Å². The number of ether oxygens (including phenoxy) is 1. The van der Waals surface area contributed by atoms with Crippen LogP contribution in [0.4, 0.5) is 0 Å². The Bertz CT molecular complexity index is 306. The third kappa shape index (κ3) is 7.00. The Hall–Kier alpha value is -0.763. The van der Waals surface area contributed by atoms with Crippen molar-refractivity contribution >= 4 is 21.1 Å². The van der Waals surface area contributed by atoms with Crippen molar-refractivity contribution in [2.45, 2.75) is 46.6 Å². The molecular weight excluding hydrogens is 304 g/mol. The van der Waals surface area contributed by atoms with E-state index in [0.29, 0.717) is 38.7 Å². The highest BCUT2D eigenvalue weighted by molar-refractivity contribution is 6.60. The van der Waals surface area contributed by atoms with Crippen LogP contribution in [-0.2, 0) is 27.6 Å². The van der Waals surface area contributed by atoms with Crippen molar-refractivity contribution in [3.63, 3.8) is 0 Å². The molecule has 0 heterocycles. The Balaban J connectivity index is 4.99. The molecule has 0 aliphatic heterocycles. The number of carbonyl (C=O) groups is 2. The summed E-state index contributed by atoms with van der Waals surface area (Å²) in [6, 6.07) is 0.533. The zero-order valence-electron chi connectivity index (χ0n) is 14.4. The van der Waals surface area contributed by atoms with Gasteiger partial charge in [-0.05, 0) is 33.1 Å². The van der Waals surface area contributed by atoms with Gasteiger partial charge < -0.3 is 22.8 Å². The van der Waals surface area contributed by atoms with Crippen LogP contribution in [-0.4, -0.2) is 48.0 Å². The van der Waals surface area contributed by atoms with E-state index in [-0.39, 0.29) is 17.8 Å². The molecule has 22 heavy (non-hydrogen) atoms. The molecule has 0 fully saturated rings. The Morgan fingerprint density at radius 1 is 1.09 bits per heavy atom. The van der Waals surface area contributed by atoms with Crippen LogP contribution < -0.4 is 0 Å². The molecule has 0 amide bonds. The highest BCUT2D eigenvalue weighted by atomic mass is 28.4. The Kier molecular flexibility index (Phi) is 11.4. The second kappa shape index (κ2) is 11.8. The molecule has 2 atom stereocenters. The number of methoxy groups -OCH3 is 1. The van der Waals surface area contributed by atoms with Crippen LogP contribution in [0, 0.1) is 11.8 Å². The zero-order valence-corrected chi connectivity index (χ0v) is 15.4. The third-order valence-electron chi connectivity index (χ3n) is 3.51. The maximum Gasteiger partial charge on any atom is 0.500 e. The molecule has 0 aromatic heterocycles. The largest absolute Gasteiger partial charge is 0.500 e. The number of esters is 1. The van der Waals surface area contributed by atoms with Gasteiger partial charge in [0.2, 0.25) is 0 Å². The van der Waals surface area contributed by atoms with Crippen LogP contribution in [0.2, 0.25) is 6.04 Å². The molecule has 0 saturated heterocycles. The van der Waals surface area contributed by atoms with E-state index in [9.17, 15) is 9.59 Å². The van der Waals surface area contributed by atoms with Gasteiger partial charge in [-0.3, -0.25) is 4.79 Å². The average Bonchev–Trinajstić information content (AvgIpc) is 2.48. The lowest BCUT2D eigenvalue weighted by atomic mass is 9.89. The lowest BCUT2D eigenvalue weighted by Crippen LogP contribution is -2.46. The summed E-state index contributed by atoms with van der Waals surface area (Å²) in [4.78, 5) is 22.7. The van der Waals surface area contributed by atoms with Crippen molar-refractivity contribution in [2.24, 2.45) is 11.8 Å². The van der Waals surface area contributed by atoms with Gasteiger partial charge in [0, 0.05) is 32.3 Å². The summed E-state index contributed by atoms with van der Waals surface area (Å²) in [5, 5.41) is 0. The van der Waals surface area contributed by atoms with Gasteiger partial charge in [0.1, 0.15) is 6.29 Å². The topological polar surface area (TPSA) is 71.1 Å². The van der Waals surface area contributed by atoms with Crippen LogP contribution >= 0.6 is 0 Å². The van der Waals surface area contributed by atoms with Gasteiger partial charge >= 0.3 is 14.8 Å². The molecule has 0 saturated carbocycles. The maximum atomic E-state index is 12.0. The van der Waals surface area contributed by atoms with Crippen molar-refractivity contribution < 1.29 is 27.6 Å². The van der Waals surface area contributed by atoms with E-state index in [0.717, 1.165) is 6.29 Å². The number of rotatable bonds is 13. The first-order chi connectivity index (χ1) is 10.5. The molecule has 0 aliphatic carbocycles. The summed E-state index contributed by atoms with van der Waals surface area (Å²) in [5.74, 6) is -0.744. The fraction of sp³-hybridized carbons (Fsp3) is 0.867. The van der Waals surface area contributed by atoms with E-state index in [1.807, 2.05) is 27.7 Å². The van der Waals surface area contributed by atoms with Gasteiger partial charge in [0.05, 0.1) is 13.0 Å². The van der Waals surface area contributed by atoms with E-state index in [1.165, 1.54) is 7.11 Å². The zero-order chi connectivity index (χ0) is 17.0. The third-order valence-corrected chi connectivity index (χ3v) is 6.60. The second-order valence-electron chi connectivity index (χ2n) is 5.03. The smallest absolute Gasteiger partial charge is 0.469 e. The highest BCUT2D eigenvalue weighted by Crippen LogP contribution is 2.27. The van der Waals surface area contributed by atoms with E-state index in [2.05, 4.69) is 0 Å². The lowest BCUT2D eigenvalue weighted by Gasteiger charge is -2.30. The Morgan fingerprint density at radius 3 is 1.95 bits per heavy atom. The summed E-state index contributed by atoms with van der Waals surface area (Å²) in [7, 11) is -1.42. The Labute approximate surface area is 134 Å². The SMILES string of the molecule is CCO[Si](CCC(C(=O)OC)C(C)CC=O)(OCC)OCC. The molecule has 0 N–H and O–H groups in total. The molecule has 2 unspecified atom stereocenters. The number of aldehydes is 1. The van der Waals surface area contributed by atoms with E-state index >= 15 is 0 Å². The predicted octanol–water partition coefficient (Wildman–Crippen LogP) is 2.44. The Morgan fingerprint density at radius 2 is 1.59 bits per heavy atom. The molecule has 0 bridgehead atoms. The van der Waals surface area contributed by atoms with Crippen LogP contribution in [0.1, 0.15) is 40.5 Å². The fourth-order valence-electron chi connectivity index (χ4n) is 2.44. The summed E-state index contributed by atoms with van der Waals surface area (Å²) >= 11 is 0. The van der Waals surface area contributed by atoms with Gasteiger partial charge in [-0.1, -0.05) is 6.92 Å². The minimum Gasteiger partial charge on any atom is -0.469 e. The average molecular weight is 334 g/mol. The molecule has 0 aromatic rings. The molecule has 0 aliphatic rings. The maximum absolute atomic E-state index is 12.0. The van der Waals surface area contributed by atoms with E-state index in [1.54, 1.807) is 0 Å². The monoisotopic (exact) mass is 334 g/mol. The molecule has 7 heteroatoms. The predicted molar refractivity (Wildman–Crippen MR) is 85.4 cm³/mol. The van der Waals surface area contributed by atoms with Gasteiger partial charge in [-0.2, -0.15) is 0 Å². The summed E-state index contributed by atoms with van der Waals surface area (Å²) in [5.41, 5.74) is 0. The minimum atomic E-state index is -2.78. The summed E-state index contributed by atoms with van der Waals surface area (Å²) < 4.78 is 22.2. The quantitative estimate of drug-likeness (QED) is 0.293. The van der Waals surface area contributed by atoms with Crippen molar-refractivity contribution in [3.05, 3.63) is 0 Å². The van der Waals surface area contributed by atoms with Crippen molar-refractivity contribution in [3.8, 4) is 0 Å². The molecule has 0 radical (unpaired) electrons. The van der Waals surface area contributed by atoms with Crippen molar-refractivity contribution in [1.82, 2.24) is 0 Å². The van der Waals surface area contributed by atoms with E-state index < -0.39 is 8.80 Å².